The van der Waals surface area contributed by atoms with Crippen molar-refractivity contribution in [3.05, 3.63) is 52.4 Å². The summed E-state index contributed by atoms with van der Waals surface area (Å²) in [6.07, 6.45) is 0. The smallest absolute Gasteiger partial charge is 0.219 e. The highest BCUT2D eigenvalue weighted by Gasteiger charge is 2.03. The minimum absolute atomic E-state index is 0.315. The Labute approximate surface area is 101 Å². The molecule has 0 bridgehead atoms. The van der Waals surface area contributed by atoms with E-state index in [1.54, 1.807) is 18.2 Å². The number of ether oxygens (including phenoxy) is 1. The molecular weight excluding hydrogens is 273 g/mol. The maximum atomic E-state index is 13.0. The van der Waals surface area contributed by atoms with Crippen molar-refractivity contribution in [3.8, 4) is 11.6 Å². The molecule has 0 amide bonds. The summed E-state index contributed by atoms with van der Waals surface area (Å²) < 4.78 is 18.8. The second-order valence-corrected chi connectivity index (χ2v) is 4.15. The predicted octanol–water partition coefficient (Wildman–Crippen LogP) is 4.08. The second-order valence-electron chi connectivity index (χ2n) is 3.30. The van der Waals surface area contributed by atoms with Crippen molar-refractivity contribution in [3.63, 3.8) is 0 Å². The molecule has 0 aliphatic rings. The fourth-order valence-electron chi connectivity index (χ4n) is 1.24. The molecule has 0 saturated carbocycles. The van der Waals surface area contributed by atoms with E-state index in [9.17, 15) is 4.39 Å². The number of nitrogens with zero attached hydrogens (tertiary/aromatic N) is 1. The highest BCUT2D eigenvalue weighted by Crippen LogP contribution is 2.25. The van der Waals surface area contributed by atoms with Gasteiger partial charge in [0.05, 0.1) is 4.47 Å². The number of halogens is 2. The molecule has 4 heteroatoms. The van der Waals surface area contributed by atoms with Crippen molar-refractivity contribution in [2.75, 3.05) is 0 Å². The summed E-state index contributed by atoms with van der Waals surface area (Å²) in [6, 6.07) is 9.96. The summed E-state index contributed by atoms with van der Waals surface area (Å²) >= 11 is 3.10. The van der Waals surface area contributed by atoms with Crippen LogP contribution in [0.15, 0.2) is 40.9 Å². The molecule has 0 fully saturated rings. The van der Waals surface area contributed by atoms with E-state index in [-0.39, 0.29) is 5.82 Å². The van der Waals surface area contributed by atoms with Crippen LogP contribution in [0.2, 0.25) is 0 Å². The first-order valence-corrected chi connectivity index (χ1v) is 5.51. The molecule has 82 valence electrons. The topological polar surface area (TPSA) is 22.1 Å². The maximum Gasteiger partial charge on any atom is 0.219 e. The van der Waals surface area contributed by atoms with Crippen molar-refractivity contribution < 1.29 is 9.13 Å². The van der Waals surface area contributed by atoms with Gasteiger partial charge in [-0.3, -0.25) is 0 Å². The van der Waals surface area contributed by atoms with E-state index in [0.717, 1.165) is 5.69 Å². The number of aromatic nitrogens is 1. The zero-order valence-corrected chi connectivity index (χ0v) is 10.2. The molecule has 0 radical (unpaired) electrons. The number of hydrogen-bond acceptors (Lipinski definition) is 2. The summed E-state index contributed by atoms with van der Waals surface area (Å²) in [4.78, 5) is 4.19. The molecule has 0 aliphatic carbocycles. The quantitative estimate of drug-likeness (QED) is 0.827. The molecule has 1 aromatic carbocycles. The highest BCUT2D eigenvalue weighted by atomic mass is 79.9. The Morgan fingerprint density at radius 2 is 2.06 bits per heavy atom. The van der Waals surface area contributed by atoms with Crippen LogP contribution in [-0.4, -0.2) is 4.98 Å². The van der Waals surface area contributed by atoms with Crippen molar-refractivity contribution in [1.82, 2.24) is 4.98 Å². The van der Waals surface area contributed by atoms with Gasteiger partial charge in [-0.1, -0.05) is 6.07 Å². The first kappa shape index (κ1) is 11.1. The van der Waals surface area contributed by atoms with Crippen LogP contribution in [0.5, 0.6) is 11.6 Å². The Morgan fingerprint density at radius 3 is 2.75 bits per heavy atom. The third kappa shape index (κ3) is 2.58. The second kappa shape index (κ2) is 4.61. The highest BCUT2D eigenvalue weighted by molar-refractivity contribution is 9.10. The average molecular weight is 282 g/mol. The monoisotopic (exact) mass is 281 g/mol. The predicted molar refractivity (Wildman–Crippen MR) is 63.1 cm³/mol. The van der Waals surface area contributed by atoms with Crippen LogP contribution in [0.1, 0.15) is 5.69 Å². The Balaban J connectivity index is 2.24. The lowest BCUT2D eigenvalue weighted by molar-refractivity contribution is 0.459. The third-order valence-electron chi connectivity index (χ3n) is 1.98. The van der Waals surface area contributed by atoms with Crippen LogP contribution in [-0.2, 0) is 0 Å². The van der Waals surface area contributed by atoms with E-state index in [1.165, 1.54) is 6.07 Å². The molecule has 2 aromatic rings. The van der Waals surface area contributed by atoms with Crippen molar-refractivity contribution in [2.45, 2.75) is 6.92 Å². The number of aryl methyl sites for hydroxylation is 1. The summed E-state index contributed by atoms with van der Waals surface area (Å²) in [5.41, 5.74) is 0.874. The standard InChI is InChI=1S/C12H9BrFNO/c1-8-3-2-4-12(15-8)16-9-5-6-11(14)10(13)7-9/h2-7H,1H3. The van der Waals surface area contributed by atoms with E-state index in [2.05, 4.69) is 20.9 Å². The molecule has 0 spiro atoms. The fraction of sp³-hybridized carbons (Fsp3) is 0.0833. The van der Waals surface area contributed by atoms with Crippen LogP contribution < -0.4 is 4.74 Å². The SMILES string of the molecule is Cc1cccc(Oc2ccc(F)c(Br)c2)n1. The van der Waals surface area contributed by atoms with Crippen LogP contribution >= 0.6 is 15.9 Å². The van der Waals surface area contributed by atoms with Crippen LogP contribution in [0.4, 0.5) is 4.39 Å². The van der Waals surface area contributed by atoms with E-state index >= 15 is 0 Å². The first-order chi connectivity index (χ1) is 7.65. The molecule has 1 aromatic heterocycles. The lowest BCUT2D eigenvalue weighted by Gasteiger charge is -2.05. The van der Waals surface area contributed by atoms with E-state index in [4.69, 9.17) is 4.74 Å². The van der Waals surface area contributed by atoms with Crippen molar-refractivity contribution >= 4 is 15.9 Å². The van der Waals surface area contributed by atoms with Gasteiger partial charge in [-0.2, -0.15) is 0 Å². The number of benzene rings is 1. The molecule has 16 heavy (non-hydrogen) atoms. The van der Waals surface area contributed by atoms with E-state index in [0.29, 0.717) is 16.1 Å². The van der Waals surface area contributed by atoms with Gasteiger partial charge in [0.2, 0.25) is 5.88 Å². The minimum Gasteiger partial charge on any atom is -0.439 e. The molecule has 2 nitrogen and oxygen atoms in total. The molecule has 0 aliphatic heterocycles. The first-order valence-electron chi connectivity index (χ1n) is 4.72. The molecule has 0 saturated heterocycles. The molecule has 0 unspecified atom stereocenters. The maximum absolute atomic E-state index is 13.0. The molecule has 0 N–H and O–H groups in total. The van der Waals surface area contributed by atoms with Gasteiger partial charge in [-0.25, -0.2) is 9.37 Å². The largest absolute Gasteiger partial charge is 0.439 e. The van der Waals surface area contributed by atoms with Crippen LogP contribution in [0, 0.1) is 12.7 Å². The summed E-state index contributed by atoms with van der Waals surface area (Å²) in [6.45, 7) is 1.88. The molecule has 2 rings (SSSR count). The minimum atomic E-state index is -0.315. The normalized spacial score (nSPS) is 10.2. The van der Waals surface area contributed by atoms with Gasteiger partial charge in [-0.15, -0.1) is 0 Å². The molecule has 0 atom stereocenters. The summed E-state index contributed by atoms with van der Waals surface area (Å²) in [7, 11) is 0. The van der Waals surface area contributed by atoms with Gasteiger partial charge in [0.15, 0.2) is 0 Å². The fourth-order valence-corrected chi connectivity index (χ4v) is 1.59. The number of hydrogen-bond donors (Lipinski definition) is 0. The summed E-state index contributed by atoms with van der Waals surface area (Å²) in [5, 5.41) is 0. The Hall–Kier alpha value is -1.42. The Kier molecular flexibility index (Phi) is 3.19. The Bertz CT molecular complexity index is 516. The van der Waals surface area contributed by atoms with E-state index < -0.39 is 0 Å². The van der Waals surface area contributed by atoms with Gasteiger partial charge in [-0.05, 0) is 47.1 Å². The Morgan fingerprint density at radius 1 is 1.25 bits per heavy atom. The zero-order valence-electron chi connectivity index (χ0n) is 8.58. The van der Waals surface area contributed by atoms with E-state index in [1.807, 2.05) is 19.1 Å². The van der Waals surface area contributed by atoms with Crippen molar-refractivity contribution in [2.24, 2.45) is 0 Å². The molecule has 1 heterocycles. The van der Waals surface area contributed by atoms with Gasteiger partial charge in [0.1, 0.15) is 11.6 Å². The van der Waals surface area contributed by atoms with Gasteiger partial charge in [0, 0.05) is 11.8 Å². The zero-order chi connectivity index (χ0) is 11.5. The van der Waals surface area contributed by atoms with Gasteiger partial charge >= 0.3 is 0 Å². The average Bonchev–Trinajstić information content (AvgIpc) is 2.24. The number of rotatable bonds is 2. The molecular formula is C12H9BrFNO. The summed E-state index contributed by atoms with van der Waals surface area (Å²) in [5.74, 6) is 0.731. The van der Waals surface area contributed by atoms with Gasteiger partial charge < -0.3 is 4.74 Å². The third-order valence-corrected chi connectivity index (χ3v) is 2.58. The van der Waals surface area contributed by atoms with Gasteiger partial charge in [0.25, 0.3) is 0 Å². The van der Waals surface area contributed by atoms with Crippen LogP contribution in [0.25, 0.3) is 0 Å². The lowest BCUT2D eigenvalue weighted by atomic mass is 10.3. The number of pyridine rings is 1. The lowest BCUT2D eigenvalue weighted by Crippen LogP contribution is -1.89. The van der Waals surface area contributed by atoms with Crippen LogP contribution in [0.3, 0.4) is 0 Å². The van der Waals surface area contributed by atoms with Crippen molar-refractivity contribution in [1.29, 1.82) is 0 Å².